The largest absolute Gasteiger partial charge is 0.508 e. The van der Waals surface area contributed by atoms with Gasteiger partial charge in [-0.3, -0.25) is 29.0 Å². The monoisotopic (exact) mass is 614 g/mol. The Kier molecular flexibility index (Phi) is 15.0. The summed E-state index contributed by atoms with van der Waals surface area (Å²) in [6.07, 6.45) is 2.68. The molecule has 4 atom stereocenters. The lowest BCUT2D eigenvalue weighted by atomic mass is 9.94. The fourth-order valence-corrected chi connectivity index (χ4v) is 4.86. The first-order valence-electron chi connectivity index (χ1n) is 15.1. The van der Waals surface area contributed by atoms with E-state index in [2.05, 4.69) is 26.3 Å². The molecule has 1 heterocycles. The van der Waals surface area contributed by atoms with Crippen molar-refractivity contribution >= 4 is 41.0 Å². The molecule has 0 bridgehead atoms. The summed E-state index contributed by atoms with van der Waals surface area (Å²) in [5.74, 6) is -3.93. The van der Waals surface area contributed by atoms with Gasteiger partial charge in [0.1, 0.15) is 29.7 Å². The summed E-state index contributed by atoms with van der Waals surface area (Å²) < 4.78 is 0. The molecule has 1 aliphatic heterocycles. The van der Waals surface area contributed by atoms with Crippen molar-refractivity contribution in [3.05, 3.63) is 29.8 Å². The predicted molar refractivity (Wildman–Crippen MR) is 165 cm³/mol. The van der Waals surface area contributed by atoms with Gasteiger partial charge in [0.15, 0.2) is 5.78 Å². The molecular weight excluding hydrogens is 568 g/mol. The van der Waals surface area contributed by atoms with Crippen molar-refractivity contribution in [3.63, 3.8) is 0 Å². The number of nitrogens with two attached hydrogens (primary N) is 1. The highest BCUT2D eigenvalue weighted by Crippen LogP contribution is 2.15. The van der Waals surface area contributed by atoms with E-state index in [4.69, 9.17) is 5.73 Å². The fourth-order valence-electron chi connectivity index (χ4n) is 4.86. The molecule has 13 nitrogen and oxygen atoms in total. The summed E-state index contributed by atoms with van der Waals surface area (Å²) in [6, 6.07) is 2.92. The van der Waals surface area contributed by atoms with Crippen LogP contribution in [0.1, 0.15) is 77.7 Å². The third-order valence-corrected chi connectivity index (χ3v) is 7.22. The number of hydrogen-bond acceptors (Lipinski definition) is 8. The van der Waals surface area contributed by atoms with Crippen LogP contribution in [0, 0.1) is 5.92 Å². The lowest BCUT2D eigenvalue weighted by Crippen LogP contribution is -2.57. The quantitative estimate of drug-likeness (QED) is 0.112. The Morgan fingerprint density at radius 3 is 2.07 bits per heavy atom. The first-order chi connectivity index (χ1) is 20.9. The molecule has 13 heteroatoms. The minimum absolute atomic E-state index is 0.0195. The highest BCUT2D eigenvalue weighted by atomic mass is 16.3. The van der Waals surface area contributed by atoms with Gasteiger partial charge >= 0.3 is 0 Å². The van der Waals surface area contributed by atoms with Gasteiger partial charge in [-0.15, -0.1) is 0 Å². The van der Waals surface area contributed by atoms with E-state index in [1.807, 2.05) is 6.92 Å². The van der Waals surface area contributed by atoms with Crippen molar-refractivity contribution in [2.24, 2.45) is 16.6 Å². The minimum atomic E-state index is -1.16. The molecule has 4 amide bonds. The van der Waals surface area contributed by atoms with Crippen LogP contribution in [0.5, 0.6) is 5.75 Å². The molecule has 0 saturated carbocycles. The van der Waals surface area contributed by atoms with Gasteiger partial charge < -0.3 is 36.9 Å². The number of phenols is 1. The maximum absolute atomic E-state index is 13.7. The Morgan fingerprint density at radius 1 is 0.864 bits per heavy atom. The van der Waals surface area contributed by atoms with E-state index < -0.39 is 60.0 Å². The second-order valence-corrected chi connectivity index (χ2v) is 11.3. The molecular formula is C31H46N6O7. The fraction of sp³-hybridized carbons (Fsp3) is 0.581. The van der Waals surface area contributed by atoms with Crippen LogP contribution in [0.2, 0.25) is 0 Å². The van der Waals surface area contributed by atoms with Crippen LogP contribution in [-0.4, -0.2) is 77.4 Å². The lowest BCUT2D eigenvalue weighted by molar-refractivity contribution is -0.135. The topological polar surface area (TPSA) is 209 Å². The number of benzene rings is 1. The molecule has 0 aliphatic carbocycles. The van der Waals surface area contributed by atoms with Gasteiger partial charge in [0.25, 0.3) is 0 Å². The summed E-state index contributed by atoms with van der Waals surface area (Å²) in [5.41, 5.74) is 6.22. The van der Waals surface area contributed by atoms with E-state index in [-0.39, 0.29) is 37.2 Å². The number of unbranched alkanes of at least 4 members (excludes halogenated alkanes) is 2. The van der Waals surface area contributed by atoms with E-state index in [1.165, 1.54) is 19.1 Å². The van der Waals surface area contributed by atoms with Crippen LogP contribution in [-0.2, 0) is 35.2 Å². The van der Waals surface area contributed by atoms with E-state index in [9.17, 15) is 33.9 Å². The molecule has 2 rings (SSSR count). The first kappa shape index (κ1) is 35.9. The van der Waals surface area contributed by atoms with E-state index in [1.54, 1.807) is 19.1 Å². The molecule has 1 fully saturated rings. The van der Waals surface area contributed by atoms with Crippen LogP contribution in [0.25, 0.3) is 0 Å². The Hall–Kier alpha value is -4.29. The number of amides is 4. The molecule has 0 aromatic heterocycles. The second kappa shape index (κ2) is 18.4. The zero-order chi connectivity index (χ0) is 32.6. The molecule has 1 aromatic carbocycles. The lowest BCUT2D eigenvalue weighted by Gasteiger charge is -2.26. The average Bonchev–Trinajstić information content (AvgIpc) is 2.96. The number of aliphatic imine (C=N–C) groups is 1. The second-order valence-electron chi connectivity index (χ2n) is 11.3. The standard InChI is InChI=1S/C31H46N6O7/c1-4-5-6-8-26-30(43)35-25(9-7-14-33-20(3)32)29(42)34-18-24(40)17-22(15-19(2)38)28(41)37-27(31(44)36-26)16-21-10-12-23(39)13-11-21/h10-13,22,25-27,39H,4-9,14-18H2,1-3H3,(H2,32,33)(H,34,42)(H,35,43)(H,36,44)(H,37,41). The Labute approximate surface area is 258 Å². The molecule has 242 valence electrons. The number of nitrogens with zero attached hydrogens (tertiary/aromatic N) is 1. The number of nitrogens with one attached hydrogen (secondary N) is 4. The smallest absolute Gasteiger partial charge is 0.243 e. The number of hydrogen-bond donors (Lipinski definition) is 6. The highest BCUT2D eigenvalue weighted by molar-refractivity contribution is 5.97. The van der Waals surface area contributed by atoms with Crippen molar-refractivity contribution in [3.8, 4) is 5.75 Å². The van der Waals surface area contributed by atoms with Crippen molar-refractivity contribution in [1.29, 1.82) is 0 Å². The number of amidine groups is 1. The third kappa shape index (κ3) is 12.9. The summed E-state index contributed by atoms with van der Waals surface area (Å²) in [6.45, 7) is 4.87. The highest BCUT2D eigenvalue weighted by Gasteiger charge is 2.32. The number of carbonyl (C=O) groups is 6. The Balaban J connectivity index is 2.45. The Morgan fingerprint density at radius 2 is 1.45 bits per heavy atom. The summed E-state index contributed by atoms with van der Waals surface area (Å²) in [7, 11) is 0. The zero-order valence-electron chi connectivity index (χ0n) is 25.8. The SMILES string of the molecule is CCCCCC1NC(=O)C(Cc2ccc(O)cc2)NC(=O)C(CC(C)=O)CC(=O)CNC(=O)C(CCCN=C(C)N)NC1=O. The van der Waals surface area contributed by atoms with Gasteiger partial charge in [-0.05, 0) is 50.8 Å². The van der Waals surface area contributed by atoms with Crippen LogP contribution >= 0.6 is 0 Å². The summed E-state index contributed by atoms with van der Waals surface area (Å²) >= 11 is 0. The summed E-state index contributed by atoms with van der Waals surface area (Å²) in [5, 5.41) is 20.4. The molecule has 1 saturated heterocycles. The third-order valence-electron chi connectivity index (χ3n) is 7.22. The van der Waals surface area contributed by atoms with Gasteiger partial charge in [0.2, 0.25) is 23.6 Å². The Bertz CT molecular complexity index is 1200. The van der Waals surface area contributed by atoms with Crippen LogP contribution < -0.4 is 27.0 Å². The van der Waals surface area contributed by atoms with E-state index in [0.29, 0.717) is 37.2 Å². The van der Waals surface area contributed by atoms with Crippen LogP contribution in [0.4, 0.5) is 0 Å². The van der Waals surface area contributed by atoms with Gasteiger partial charge in [-0.1, -0.05) is 38.3 Å². The number of phenolic OH excluding ortho intramolecular Hbond substituents is 1. The molecule has 1 aromatic rings. The van der Waals surface area contributed by atoms with Crippen molar-refractivity contribution in [2.75, 3.05) is 13.1 Å². The summed E-state index contributed by atoms with van der Waals surface area (Å²) in [4.78, 5) is 82.7. The van der Waals surface area contributed by atoms with Gasteiger partial charge in [-0.2, -0.15) is 0 Å². The van der Waals surface area contributed by atoms with Crippen molar-refractivity contribution < 1.29 is 33.9 Å². The van der Waals surface area contributed by atoms with Crippen LogP contribution in [0.3, 0.4) is 0 Å². The first-order valence-corrected chi connectivity index (χ1v) is 15.1. The molecule has 0 spiro atoms. The number of carbonyl (C=O) groups excluding carboxylic acids is 6. The number of Topliss-reactive ketones (excluding diaryl/α,β-unsaturated/α-hetero) is 2. The molecule has 44 heavy (non-hydrogen) atoms. The predicted octanol–water partition coefficient (Wildman–Crippen LogP) is 0.811. The number of ketones is 2. The van der Waals surface area contributed by atoms with E-state index in [0.717, 1.165) is 12.8 Å². The van der Waals surface area contributed by atoms with Crippen LogP contribution in [0.15, 0.2) is 29.3 Å². The van der Waals surface area contributed by atoms with Gasteiger partial charge in [0, 0.05) is 25.8 Å². The molecule has 4 unspecified atom stereocenters. The molecule has 7 N–H and O–H groups in total. The number of rotatable bonds is 12. The van der Waals surface area contributed by atoms with Gasteiger partial charge in [-0.25, -0.2) is 0 Å². The normalized spacial score (nSPS) is 22.6. The average molecular weight is 615 g/mol. The molecule has 0 radical (unpaired) electrons. The minimum Gasteiger partial charge on any atom is -0.508 e. The van der Waals surface area contributed by atoms with Crippen molar-refractivity contribution in [1.82, 2.24) is 21.3 Å². The van der Waals surface area contributed by atoms with Gasteiger partial charge in [0.05, 0.1) is 18.3 Å². The maximum Gasteiger partial charge on any atom is 0.243 e. The van der Waals surface area contributed by atoms with E-state index >= 15 is 0 Å². The zero-order valence-corrected chi connectivity index (χ0v) is 25.8. The maximum atomic E-state index is 13.7. The molecule has 1 aliphatic rings. The number of aromatic hydroxyl groups is 1. The van der Waals surface area contributed by atoms with Crippen molar-refractivity contribution in [2.45, 2.75) is 96.7 Å².